The molecule has 4 rings (SSSR count). The van der Waals surface area contributed by atoms with Crippen molar-refractivity contribution in [2.75, 3.05) is 19.6 Å². The molecule has 2 unspecified atom stereocenters. The SMILES string of the molecule is CC(=O)N(CC1CN(Cc2cccn2C)CC1c1ccccc1)C1CCCCC1. The summed E-state index contributed by atoms with van der Waals surface area (Å²) >= 11 is 0. The Labute approximate surface area is 175 Å². The minimum absolute atomic E-state index is 0.254. The molecule has 1 aliphatic carbocycles. The second-order valence-corrected chi connectivity index (χ2v) is 9.04. The Morgan fingerprint density at radius 2 is 1.79 bits per heavy atom. The molecule has 0 N–H and O–H groups in total. The second kappa shape index (κ2) is 9.17. The third-order valence-corrected chi connectivity index (χ3v) is 7.03. The first-order chi connectivity index (χ1) is 14.1. The van der Waals surface area contributed by atoms with E-state index < -0.39 is 0 Å². The van der Waals surface area contributed by atoms with Crippen LogP contribution in [0.3, 0.4) is 0 Å². The third-order valence-electron chi connectivity index (χ3n) is 7.03. The lowest BCUT2D eigenvalue weighted by Gasteiger charge is -2.36. The van der Waals surface area contributed by atoms with Crippen LogP contribution in [0.2, 0.25) is 0 Å². The van der Waals surface area contributed by atoms with E-state index in [9.17, 15) is 4.79 Å². The lowest BCUT2D eigenvalue weighted by Crippen LogP contribution is -2.44. The molecular formula is C25H35N3O. The first-order valence-corrected chi connectivity index (χ1v) is 11.3. The van der Waals surface area contributed by atoms with E-state index in [1.165, 1.54) is 43.4 Å². The number of hydrogen-bond acceptors (Lipinski definition) is 2. The van der Waals surface area contributed by atoms with Gasteiger partial charge in [0.2, 0.25) is 5.91 Å². The standard InChI is InChI=1S/C25H35N3O/c1-20(29)28(23-12-7-4-8-13-23)17-22-16-27(18-24-14-9-15-26(24)2)19-25(22)21-10-5-3-6-11-21/h3,5-6,9-11,14-15,22-23,25H,4,7-8,12-13,16-19H2,1-2H3. The van der Waals surface area contributed by atoms with Crippen LogP contribution in [-0.4, -0.2) is 46.0 Å². The van der Waals surface area contributed by atoms with Crippen LogP contribution in [0.1, 0.15) is 56.2 Å². The summed E-state index contributed by atoms with van der Waals surface area (Å²) in [6.45, 7) is 5.76. The quantitative estimate of drug-likeness (QED) is 0.727. The largest absolute Gasteiger partial charge is 0.353 e. The Kier molecular flexibility index (Phi) is 6.39. The molecule has 4 heteroatoms. The summed E-state index contributed by atoms with van der Waals surface area (Å²) in [5.74, 6) is 1.23. The van der Waals surface area contributed by atoms with Crippen LogP contribution < -0.4 is 0 Å². The second-order valence-electron chi connectivity index (χ2n) is 9.04. The topological polar surface area (TPSA) is 28.5 Å². The molecule has 1 aromatic heterocycles. The maximum atomic E-state index is 12.6. The van der Waals surface area contributed by atoms with Gasteiger partial charge < -0.3 is 9.47 Å². The molecule has 1 saturated carbocycles. The maximum absolute atomic E-state index is 12.6. The highest BCUT2D eigenvalue weighted by molar-refractivity contribution is 5.73. The summed E-state index contributed by atoms with van der Waals surface area (Å²) in [6, 6.07) is 15.7. The van der Waals surface area contributed by atoms with Gasteiger partial charge in [-0.2, -0.15) is 0 Å². The van der Waals surface area contributed by atoms with Crippen molar-refractivity contribution in [3.63, 3.8) is 0 Å². The van der Waals surface area contributed by atoms with E-state index in [2.05, 4.69) is 70.1 Å². The number of aromatic nitrogens is 1. The molecule has 2 atom stereocenters. The van der Waals surface area contributed by atoms with E-state index in [0.29, 0.717) is 17.9 Å². The molecule has 2 aliphatic rings. The first-order valence-electron chi connectivity index (χ1n) is 11.3. The van der Waals surface area contributed by atoms with E-state index in [4.69, 9.17) is 0 Å². The number of nitrogens with zero attached hydrogens (tertiary/aromatic N) is 3. The third kappa shape index (κ3) is 4.75. The zero-order valence-corrected chi connectivity index (χ0v) is 18.0. The molecule has 2 heterocycles. The number of carbonyl (C=O) groups excluding carboxylic acids is 1. The van der Waals surface area contributed by atoms with Crippen LogP contribution >= 0.6 is 0 Å². The minimum Gasteiger partial charge on any atom is -0.353 e. The normalized spacial score (nSPS) is 23.4. The zero-order chi connectivity index (χ0) is 20.2. The molecule has 1 amide bonds. The van der Waals surface area contributed by atoms with Crippen molar-refractivity contribution in [3.05, 3.63) is 59.9 Å². The van der Waals surface area contributed by atoms with Crippen molar-refractivity contribution in [2.45, 2.75) is 57.5 Å². The molecule has 1 aliphatic heterocycles. The van der Waals surface area contributed by atoms with Gasteiger partial charge in [-0.05, 0) is 36.5 Å². The summed E-state index contributed by atoms with van der Waals surface area (Å²) in [4.78, 5) is 17.4. The molecule has 1 aromatic carbocycles. The molecule has 1 saturated heterocycles. The first kappa shape index (κ1) is 20.2. The van der Waals surface area contributed by atoms with E-state index >= 15 is 0 Å². The van der Waals surface area contributed by atoms with E-state index in [1.54, 1.807) is 6.92 Å². The van der Waals surface area contributed by atoms with Gasteiger partial charge in [-0.15, -0.1) is 0 Å². The van der Waals surface area contributed by atoms with Crippen LogP contribution in [0.5, 0.6) is 0 Å². The Morgan fingerprint density at radius 3 is 2.45 bits per heavy atom. The highest BCUT2D eigenvalue weighted by Crippen LogP contribution is 2.35. The minimum atomic E-state index is 0.254. The number of rotatable bonds is 6. The number of carbonyl (C=O) groups is 1. The lowest BCUT2D eigenvalue weighted by atomic mass is 9.87. The Balaban J connectivity index is 1.52. The highest BCUT2D eigenvalue weighted by Gasteiger charge is 2.37. The monoisotopic (exact) mass is 393 g/mol. The average Bonchev–Trinajstić information content (AvgIpc) is 3.33. The Morgan fingerprint density at radius 1 is 1.03 bits per heavy atom. The number of benzene rings is 1. The molecule has 156 valence electrons. The van der Waals surface area contributed by atoms with Crippen molar-refractivity contribution in [3.8, 4) is 0 Å². The van der Waals surface area contributed by atoms with Gasteiger partial charge in [0.05, 0.1) is 0 Å². The summed E-state index contributed by atoms with van der Waals surface area (Å²) in [7, 11) is 2.12. The molecular weight excluding hydrogens is 358 g/mol. The predicted octanol–water partition coefficient (Wildman–Crippen LogP) is 4.42. The van der Waals surface area contributed by atoms with Crippen LogP contribution in [-0.2, 0) is 18.4 Å². The van der Waals surface area contributed by atoms with Crippen molar-refractivity contribution in [1.82, 2.24) is 14.4 Å². The number of aryl methyl sites for hydroxylation is 1. The summed E-state index contributed by atoms with van der Waals surface area (Å²) in [5, 5.41) is 0. The molecule has 29 heavy (non-hydrogen) atoms. The van der Waals surface area contributed by atoms with Gasteiger partial charge in [-0.25, -0.2) is 0 Å². The van der Waals surface area contributed by atoms with Crippen LogP contribution in [0.15, 0.2) is 48.7 Å². The molecule has 2 aromatic rings. The average molecular weight is 394 g/mol. The van der Waals surface area contributed by atoms with Gasteiger partial charge in [0, 0.05) is 64.0 Å². The smallest absolute Gasteiger partial charge is 0.219 e. The van der Waals surface area contributed by atoms with Crippen LogP contribution in [0, 0.1) is 5.92 Å². The fourth-order valence-corrected chi connectivity index (χ4v) is 5.42. The molecule has 4 nitrogen and oxygen atoms in total. The van der Waals surface area contributed by atoms with Gasteiger partial charge in [0.15, 0.2) is 0 Å². The van der Waals surface area contributed by atoms with E-state index in [0.717, 1.165) is 26.2 Å². The van der Waals surface area contributed by atoms with Gasteiger partial charge in [-0.3, -0.25) is 9.69 Å². The van der Waals surface area contributed by atoms with Gasteiger partial charge in [0.25, 0.3) is 0 Å². The van der Waals surface area contributed by atoms with Crippen molar-refractivity contribution < 1.29 is 4.79 Å². The van der Waals surface area contributed by atoms with Crippen LogP contribution in [0.4, 0.5) is 0 Å². The lowest BCUT2D eigenvalue weighted by molar-refractivity contribution is -0.132. The van der Waals surface area contributed by atoms with Gasteiger partial charge in [0.1, 0.15) is 0 Å². The molecule has 0 bridgehead atoms. The zero-order valence-electron chi connectivity index (χ0n) is 18.0. The van der Waals surface area contributed by atoms with E-state index in [-0.39, 0.29) is 5.91 Å². The summed E-state index contributed by atoms with van der Waals surface area (Å²) in [5.41, 5.74) is 2.77. The van der Waals surface area contributed by atoms with E-state index in [1.807, 2.05) is 0 Å². The number of hydrogen-bond donors (Lipinski definition) is 0. The summed E-state index contributed by atoms with van der Waals surface area (Å²) in [6.07, 6.45) is 8.33. The number of amides is 1. The Hall–Kier alpha value is -2.07. The fourth-order valence-electron chi connectivity index (χ4n) is 5.42. The molecule has 0 spiro atoms. The van der Waals surface area contributed by atoms with Crippen molar-refractivity contribution in [1.29, 1.82) is 0 Å². The summed E-state index contributed by atoms with van der Waals surface area (Å²) < 4.78 is 2.22. The van der Waals surface area contributed by atoms with Gasteiger partial charge >= 0.3 is 0 Å². The number of likely N-dealkylation sites (tertiary alicyclic amines) is 1. The van der Waals surface area contributed by atoms with Crippen LogP contribution in [0.25, 0.3) is 0 Å². The Bertz CT molecular complexity index is 793. The predicted molar refractivity (Wildman–Crippen MR) is 118 cm³/mol. The fraction of sp³-hybridized carbons (Fsp3) is 0.560. The van der Waals surface area contributed by atoms with Crippen molar-refractivity contribution in [2.24, 2.45) is 13.0 Å². The molecule has 2 fully saturated rings. The van der Waals surface area contributed by atoms with Gasteiger partial charge in [-0.1, -0.05) is 49.6 Å². The maximum Gasteiger partial charge on any atom is 0.219 e. The molecule has 0 radical (unpaired) electrons. The highest BCUT2D eigenvalue weighted by atomic mass is 16.2. The van der Waals surface area contributed by atoms with Crippen molar-refractivity contribution >= 4 is 5.91 Å².